The van der Waals surface area contributed by atoms with Crippen LogP contribution in [0.2, 0.25) is 0 Å². The summed E-state index contributed by atoms with van der Waals surface area (Å²) >= 11 is 0. The number of carbonyl (C=O) groups excluding carboxylic acids is 1. The molecule has 1 saturated heterocycles. The van der Waals surface area contributed by atoms with Crippen LogP contribution in [0.1, 0.15) is 33.3 Å². The Labute approximate surface area is 237 Å². The van der Waals surface area contributed by atoms with Gasteiger partial charge in [0.25, 0.3) is 5.91 Å². The van der Waals surface area contributed by atoms with Crippen molar-refractivity contribution in [1.29, 1.82) is 0 Å². The van der Waals surface area contributed by atoms with Gasteiger partial charge in [-0.05, 0) is 35.4 Å². The largest absolute Gasteiger partial charge is 0.497 e. The molecule has 0 spiro atoms. The van der Waals surface area contributed by atoms with Crippen LogP contribution in [-0.4, -0.2) is 69.3 Å². The minimum Gasteiger partial charge on any atom is -0.497 e. The van der Waals surface area contributed by atoms with Crippen molar-refractivity contribution >= 4 is 16.9 Å². The first-order valence-electron chi connectivity index (χ1n) is 13.7. The van der Waals surface area contributed by atoms with Crippen LogP contribution < -0.4 is 19.6 Å². The van der Waals surface area contributed by atoms with Crippen LogP contribution in [0.15, 0.2) is 75.9 Å². The first-order chi connectivity index (χ1) is 20.1. The summed E-state index contributed by atoms with van der Waals surface area (Å²) in [6.45, 7) is 4.35. The van der Waals surface area contributed by atoms with Crippen molar-refractivity contribution in [3.63, 3.8) is 0 Å². The van der Waals surface area contributed by atoms with E-state index in [1.54, 1.807) is 37.3 Å². The number of carbonyl (C=O) groups is 1. The summed E-state index contributed by atoms with van der Waals surface area (Å²) < 4.78 is 28.7. The van der Waals surface area contributed by atoms with Gasteiger partial charge in [0.1, 0.15) is 17.9 Å². The molecule has 2 aliphatic heterocycles. The summed E-state index contributed by atoms with van der Waals surface area (Å²) in [6.07, 6.45) is 0. The average molecular weight is 557 g/mol. The Morgan fingerprint density at radius 3 is 2.44 bits per heavy atom. The van der Waals surface area contributed by atoms with E-state index in [1.165, 1.54) is 0 Å². The predicted octanol–water partition coefficient (Wildman–Crippen LogP) is 4.27. The zero-order valence-electron chi connectivity index (χ0n) is 23.1. The van der Waals surface area contributed by atoms with Gasteiger partial charge in [0.15, 0.2) is 16.9 Å². The maximum absolute atomic E-state index is 13.9. The molecule has 4 aromatic rings. The number of benzene rings is 3. The van der Waals surface area contributed by atoms with Crippen molar-refractivity contribution in [2.45, 2.75) is 12.6 Å². The Balaban J connectivity index is 1.39. The Morgan fingerprint density at radius 1 is 0.878 bits per heavy atom. The highest BCUT2D eigenvalue weighted by atomic mass is 16.5. The first kappa shape index (κ1) is 26.9. The van der Waals surface area contributed by atoms with E-state index >= 15 is 0 Å². The molecule has 2 aliphatic rings. The second kappa shape index (κ2) is 11.6. The number of hydrogen-bond acceptors (Lipinski definition) is 8. The average Bonchev–Trinajstić information content (AvgIpc) is 3.30. The molecule has 1 aromatic heterocycles. The van der Waals surface area contributed by atoms with E-state index in [0.717, 1.165) is 24.2 Å². The van der Waals surface area contributed by atoms with Crippen LogP contribution in [0.5, 0.6) is 17.2 Å². The van der Waals surface area contributed by atoms with Gasteiger partial charge in [0, 0.05) is 32.2 Å². The highest BCUT2D eigenvalue weighted by Crippen LogP contribution is 2.41. The summed E-state index contributed by atoms with van der Waals surface area (Å²) in [6, 6.07) is 19.8. The molecule has 0 aliphatic carbocycles. The van der Waals surface area contributed by atoms with Gasteiger partial charge < -0.3 is 28.3 Å². The fourth-order valence-corrected chi connectivity index (χ4v) is 5.49. The zero-order chi connectivity index (χ0) is 28.3. The molecule has 9 nitrogen and oxygen atoms in total. The van der Waals surface area contributed by atoms with E-state index in [-0.39, 0.29) is 17.1 Å². The van der Waals surface area contributed by atoms with E-state index in [9.17, 15) is 9.59 Å². The fourth-order valence-electron chi connectivity index (χ4n) is 5.49. The number of nitrogens with zero attached hydrogens (tertiary/aromatic N) is 2. The van der Waals surface area contributed by atoms with Gasteiger partial charge in [-0.15, -0.1) is 0 Å². The minimum atomic E-state index is -0.640. The van der Waals surface area contributed by atoms with Crippen molar-refractivity contribution < 1.29 is 28.2 Å². The Morgan fingerprint density at radius 2 is 1.68 bits per heavy atom. The normalized spacial score (nSPS) is 17.1. The lowest BCUT2D eigenvalue weighted by Crippen LogP contribution is -2.42. The van der Waals surface area contributed by atoms with Crippen molar-refractivity contribution in [2.24, 2.45) is 0 Å². The van der Waals surface area contributed by atoms with Crippen LogP contribution in [0, 0.1) is 0 Å². The third-order valence-electron chi connectivity index (χ3n) is 7.68. The van der Waals surface area contributed by atoms with Gasteiger partial charge in [-0.1, -0.05) is 36.4 Å². The van der Waals surface area contributed by atoms with E-state index < -0.39 is 6.04 Å². The van der Waals surface area contributed by atoms with Gasteiger partial charge in [-0.2, -0.15) is 0 Å². The third-order valence-corrected chi connectivity index (χ3v) is 7.68. The maximum atomic E-state index is 13.9. The lowest BCUT2D eigenvalue weighted by Gasteiger charge is -2.31. The smallest absolute Gasteiger partial charge is 0.290 e. The molecule has 3 aromatic carbocycles. The third kappa shape index (κ3) is 5.26. The number of amides is 1. The summed E-state index contributed by atoms with van der Waals surface area (Å²) in [5, 5.41) is 0.396. The van der Waals surface area contributed by atoms with Gasteiger partial charge in [-0.3, -0.25) is 14.5 Å². The number of fused-ring (bicyclic) bond motifs is 2. The molecule has 41 heavy (non-hydrogen) atoms. The summed E-state index contributed by atoms with van der Waals surface area (Å²) in [5.41, 5.74) is 2.18. The van der Waals surface area contributed by atoms with Gasteiger partial charge in [-0.25, -0.2) is 0 Å². The number of ether oxygens (including phenoxy) is 4. The SMILES string of the molecule is COc1ccc2c(=O)c3c(oc2c1)C(=O)N(CCN1CCOCC1)C3c1ccc(OCc2ccccc2)c(OC)c1. The van der Waals surface area contributed by atoms with Crippen LogP contribution >= 0.6 is 0 Å². The van der Waals surface area contributed by atoms with Crippen LogP contribution in [0.4, 0.5) is 0 Å². The fraction of sp³-hybridized carbons (Fsp3) is 0.312. The number of hydrogen-bond donors (Lipinski definition) is 0. The Hall–Kier alpha value is -4.34. The number of methoxy groups -OCH3 is 2. The molecule has 1 fully saturated rings. The van der Waals surface area contributed by atoms with Crippen molar-refractivity contribution in [1.82, 2.24) is 9.80 Å². The van der Waals surface area contributed by atoms with Gasteiger partial charge >= 0.3 is 0 Å². The van der Waals surface area contributed by atoms with E-state index in [0.29, 0.717) is 66.7 Å². The topological polar surface area (TPSA) is 90.7 Å². The molecular weight excluding hydrogens is 524 g/mol. The molecule has 0 bridgehead atoms. The lowest BCUT2D eigenvalue weighted by atomic mass is 9.98. The summed E-state index contributed by atoms with van der Waals surface area (Å²) in [7, 11) is 3.12. The summed E-state index contributed by atoms with van der Waals surface area (Å²) in [5.74, 6) is 1.38. The molecule has 0 N–H and O–H groups in total. The molecule has 6 rings (SSSR count). The Bertz CT molecular complexity index is 1610. The predicted molar refractivity (Wildman–Crippen MR) is 153 cm³/mol. The van der Waals surface area contributed by atoms with Crippen molar-refractivity contribution in [3.05, 3.63) is 99.4 Å². The standard InChI is InChI=1S/C32H32N2O7/c1-37-23-9-10-24-26(19-23)41-31-28(30(24)35)29(34(32(31)36)13-12-33-14-16-39-17-15-33)22-8-11-25(27(18-22)38-2)40-20-21-6-4-3-5-7-21/h3-11,18-19,29H,12-17,20H2,1-2H3. The molecule has 3 heterocycles. The molecule has 1 atom stereocenters. The minimum absolute atomic E-state index is 0.0612. The second-order valence-electron chi connectivity index (χ2n) is 10.1. The number of rotatable bonds is 9. The van der Waals surface area contributed by atoms with Crippen LogP contribution in [0.3, 0.4) is 0 Å². The van der Waals surface area contributed by atoms with Crippen molar-refractivity contribution in [2.75, 3.05) is 53.6 Å². The summed E-state index contributed by atoms with van der Waals surface area (Å²) in [4.78, 5) is 31.7. The van der Waals surface area contributed by atoms with E-state index in [2.05, 4.69) is 4.90 Å². The lowest BCUT2D eigenvalue weighted by molar-refractivity contribution is 0.0314. The van der Waals surface area contributed by atoms with Gasteiger partial charge in [0.05, 0.1) is 44.4 Å². The highest BCUT2D eigenvalue weighted by Gasteiger charge is 2.43. The Kier molecular flexibility index (Phi) is 7.63. The molecule has 9 heteroatoms. The molecule has 1 unspecified atom stereocenters. The molecule has 0 saturated carbocycles. The molecular formula is C32H32N2O7. The second-order valence-corrected chi connectivity index (χ2v) is 10.1. The van der Waals surface area contributed by atoms with Crippen LogP contribution in [-0.2, 0) is 11.3 Å². The highest BCUT2D eigenvalue weighted by molar-refractivity contribution is 5.99. The first-order valence-corrected chi connectivity index (χ1v) is 13.7. The quantitative estimate of drug-likeness (QED) is 0.302. The molecule has 212 valence electrons. The zero-order valence-corrected chi connectivity index (χ0v) is 23.1. The monoisotopic (exact) mass is 556 g/mol. The maximum Gasteiger partial charge on any atom is 0.290 e. The van der Waals surface area contributed by atoms with Crippen LogP contribution in [0.25, 0.3) is 11.0 Å². The van der Waals surface area contributed by atoms with Crippen molar-refractivity contribution in [3.8, 4) is 17.2 Å². The van der Waals surface area contributed by atoms with E-state index in [4.69, 9.17) is 23.4 Å². The number of morpholine rings is 1. The van der Waals surface area contributed by atoms with Gasteiger partial charge in [0.2, 0.25) is 5.76 Å². The van der Waals surface area contributed by atoms with E-state index in [1.807, 2.05) is 48.5 Å². The molecule has 1 amide bonds. The molecule has 0 radical (unpaired) electrons.